The molecule has 2 heteroatoms. The molecule has 0 aromatic heterocycles. The Morgan fingerprint density at radius 3 is 1.61 bits per heavy atom. The van der Waals surface area contributed by atoms with Crippen molar-refractivity contribution in [1.82, 2.24) is 0 Å². The summed E-state index contributed by atoms with van der Waals surface area (Å²) in [4.78, 5) is 5.08. The van der Waals surface area contributed by atoms with Crippen molar-refractivity contribution in [3.63, 3.8) is 0 Å². The molecule has 0 radical (unpaired) electrons. The molecule has 180 valence electrons. The van der Waals surface area contributed by atoms with Crippen LogP contribution in [0.2, 0.25) is 0 Å². The minimum Gasteiger partial charge on any atom is -0.371 e. The maximum Gasteiger partial charge on any atom is 0.0396 e. The molecular weight excluding hydrogens is 400 g/mol. The molecule has 0 spiro atoms. The normalized spacial score (nSPS) is 18.2. The third-order valence-corrected chi connectivity index (χ3v) is 9.48. The van der Waals surface area contributed by atoms with Gasteiger partial charge in [0, 0.05) is 37.6 Å². The van der Waals surface area contributed by atoms with Gasteiger partial charge in [-0.15, -0.1) is 0 Å². The number of rotatable bonds is 7. The van der Waals surface area contributed by atoms with Crippen LogP contribution in [0.4, 0.5) is 11.4 Å². The summed E-state index contributed by atoms with van der Waals surface area (Å²) in [6.07, 6.45) is 0. The van der Waals surface area contributed by atoms with E-state index in [2.05, 4.69) is 115 Å². The molecule has 0 atom stereocenters. The fourth-order valence-electron chi connectivity index (χ4n) is 5.49. The van der Waals surface area contributed by atoms with Gasteiger partial charge < -0.3 is 9.80 Å². The average molecular weight is 447 g/mol. The first-order valence-corrected chi connectivity index (χ1v) is 13.1. The lowest BCUT2D eigenvalue weighted by atomic mass is 9.61. The SMILES string of the molecule is Cc1cc(C(C)(C)C(C)(C)c2ccc(N3CC(C(C)C)C3)cc2)ccc1N1CC(C(C)C)C1. The largest absolute Gasteiger partial charge is 0.371 e. The number of nitrogens with zero attached hydrogens (tertiary/aromatic N) is 2. The molecule has 2 nitrogen and oxygen atoms in total. The number of hydrogen-bond donors (Lipinski definition) is 0. The third kappa shape index (κ3) is 4.31. The van der Waals surface area contributed by atoms with Crippen molar-refractivity contribution in [2.24, 2.45) is 23.7 Å². The molecule has 0 N–H and O–H groups in total. The van der Waals surface area contributed by atoms with Gasteiger partial charge in [0.1, 0.15) is 0 Å². The first-order chi connectivity index (χ1) is 15.4. The third-order valence-electron chi connectivity index (χ3n) is 9.48. The highest BCUT2D eigenvalue weighted by Gasteiger charge is 2.40. The molecule has 4 rings (SSSR count). The Balaban J connectivity index is 1.49. The predicted molar refractivity (Wildman–Crippen MR) is 145 cm³/mol. The highest BCUT2D eigenvalue weighted by atomic mass is 15.2. The molecule has 2 aromatic carbocycles. The van der Waals surface area contributed by atoms with Gasteiger partial charge in [-0.1, -0.05) is 79.7 Å². The zero-order chi connectivity index (χ0) is 24.1. The molecule has 0 bridgehead atoms. The van der Waals surface area contributed by atoms with E-state index in [-0.39, 0.29) is 10.8 Å². The Bertz CT molecular complexity index is 955. The van der Waals surface area contributed by atoms with Crippen molar-refractivity contribution in [2.75, 3.05) is 36.0 Å². The monoisotopic (exact) mass is 446 g/mol. The van der Waals surface area contributed by atoms with E-state index in [1.54, 1.807) is 0 Å². The van der Waals surface area contributed by atoms with Crippen LogP contribution >= 0.6 is 0 Å². The average Bonchev–Trinajstić information content (AvgIpc) is 2.66. The Kier molecular flexibility index (Phi) is 6.35. The standard InChI is InChI=1S/C31H46N2/c1-21(2)24-17-32(18-24)28-13-10-26(11-14-28)30(6,7)31(8,9)27-12-15-29(23(5)16-27)33-19-25(20-33)22(3)4/h10-16,21-22,24-25H,17-20H2,1-9H3. The summed E-state index contributed by atoms with van der Waals surface area (Å²) >= 11 is 0. The van der Waals surface area contributed by atoms with Crippen molar-refractivity contribution in [3.05, 3.63) is 59.2 Å². The van der Waals surface area contributed by atoms with Gasteiger partial charge in [-0.25, -0.2) is 0 Å². The van der Waals surface area contributed by atoms with Crippen molar-refractivity contribution < 1.29 is 0 Å². The summed E-state index contributed by atoms with van der Waals surface area (Å²) in [5.41, 5.74) is 7.09. The highest BCUT2D eigenvalue weighted by Crippen LogP contribution is 2.45. The minimum absolute atomic E-state index is 0.0206. The molecule has 0 aliphatic carbocycles. The first-order valence-electron chi connectivity index (χ1n) is 13.1. The molecule has 2 aromatic rings. The van der Waals surface area contributed by atoms with Gasteiger partial charge in [-0.05, 0) is 76.3 Å². The second-order valence-electron chi connectivity index (χ2n) is 12.6. The Morgan fingerprint density at radius 2 is 1.12 bits per heavy atom. The zero-order valence-corrected chi connectivity index (χ0v) is 22.6. The summed E-state index contributed by atoms with van der Waals surface area (Å²) in [6, 6.07) is 16.6. The lowest BCUT2D eigenvalue weighted by molar-refractivity contribution is 0.301. The van der Waals surface area contributed by atoms with E-state index in [1.165, 1.54) is 54.2 Å². The lowest BCUT2D eigenvalue weighted by Gasteiger charge is -2.46. The number of hydrogen-bond acceptors (Lipinski definition) is 2. The molecule has 2 saturated heterocycles. The number of benzene rings is 2. The van der Waals surface area contributed by atoms with E-state index >= 15 is 0 Å². The smallest absolute Gasteiger partial charge is 0.0396 e. The van der Waals surface area contributed by atoms with Crippen LogP contribution < -0.4 is 9.80 Å². The number of anilines is 2. The Labute approximate surface area is 203 Å². The van der Waals surface area contributed by atoms with Gasteiger partial charge >= 0.3 is 0 Å². The van der Waals surface area contributed by atoms with Crippen LogP contribution in [0, 0.1) is 30.6 Å². The quantitative estimate of drug-likeness (QED) is 0.436. The Hall–Kier alpha value is -1.96. The predicted octanol–water partition coefficient (Wildman–Crippen LogP) is 7.43. The van der Waals surface area contributed by atoms with Crippen LogP contribution in [0.25, 0.3) is 0 Å². The van der Waals surface area contributed by atoms with E-state index in [0.29, 0.717) is 0 Å². The first kappa shape index (κ1) is 24.2. The van der Waals surface area contributed by atoms with Crippen molar-refractivity contribution >= 4 is 11.4 Å². The number of aryl methyl sites for hydroxylation is 1. The van der Waals surface area contributed by atoms with E-state index in [9.17, 15) is 0 Å². The van der Waals surface area contributed by atoms with Gasteiger partial charge in [0.15, 0.2) is 0 Å². The maximum atomic E-state index is 2.56. The van der Waals surface area contributed by atoms with Crippen molar-refractivity contribution in [3.8, 4) is 0 Å². The van der Waals surface area contributed by atoms with Crippen molar-refractivity contribution in [1.29, 1.82) is 0 Å². The van der Waals surface area contributed by atoms with Crippen LogP contribution in [0.5, 0.6) is 0 Å². The summed E-state index contributed by atoms with van der Waals surface area (Å²) in [6.45, 7) is 26.1. The van der Waals surface area contributed by atoms with Crippen LogP contribution in [0.15, 0.2) is 42.5 Å². The fourth-order valence-corrected chi connectivity index (χ4v) is 5.49. The van der Waals surface area contributed by atoms with Gasteiger partial charge in [-0.3, -0.25) is 0 Å². The summed E-state index contributed by atoms with van der Waals surface area (Å²) in [5.74, 6) is 3.26. The molecule has 0 unspecified atom stereocenters. The summed E-state index contributed by atoms with van der Waals surface area (Å²) in [7, 11) is 0. The zero-order valence-electron chi connectivity index (χ0n) is 22.6. The van der Waals surface area contributed by atoms with Gasteiger partial charge in [0.2, 0.25) is 0 Å². The van der Waals surface area contributed by atoms with E-state index in [4.69, 9.17) is 0 Å². The molecule has 0 saturated carbocycles. The second kappa shape index (κ2) is 8.67. The van der Waals surface area contributed by atoms with Crippen LogP contribution in [-0.2, 0) is 10.8 Å². The maximum absolute atomic E-state index is 2.56. The van der Waals surface area contributed by atoms with E-state index in [0.717, 1.165) is 23.7 Å². The topological polar surface area (TPSA) is 6.48 Å². The van der Waals surface area contributed by atoms with Gasteiger partial charge in [0.05, 0.1) is 0 Å². The molecule has 2 fully saturated rings. The van der Waals surface area contributed by atoms with Crippen LogP contribution in [0.3, 0.4) is 0 Å². The Morgan fingerprint density at radius 1 is 0.667 bits per heavy atom. The molecule has 2 aliphatic rings. The highest BCUT2D eigenvalue weighted by molar-refractivity contribution is 5.58. The van der Waals surface area contributed by atoms with Crippen molar-refractivity contribution in [2.45, 2.75) is 73.1 Å². The van der Waals surface area contributed by atoms with E-state index in [1.807, 2.05) is 0 Å². The summed E-state index contributed by atoms with van der Waals surface area (Å²) < 4.78 is 0. The summed E-state index contributed by atoms with van der Waals surface area (Å²) in [5, 5.41) is 0. The molecule has 33 heavy (non-hydrogen) atoms. The van der Waals surface area contributed by atoms with E-state index < -0.39 is 0 Å². The lowest BCUT2D eigenvalue weighted by Crippen LogP contribution is -2.49. The fraction of sp³-hybridized carbons (Fsp3) is 0.613. The van der Waals surface area contributed by atoms with Crippen LogP contribution in [0.1, 0.15) is 72.1 Å². The molecule has 2 heterocycles. The second-order valence-corrected chi connectivity index (χ2v) is 12.6. The molecular formula is C31H46N2. The molecule has 0 amide bonds. The van der Waals surface area contributed by atoms with Gasteiger partial charge in [-0.2, -0.15) is 0 Å². The van der Waals surface area contributed by atoms with Gasteiger partial charge in [0.25, 0.3) is 0 Å². The molecule has 2 aliphatic heterocycles. The minimum atomic E-state index is 0.0206. The van der Waals surface area contributed by atoms with Crippen LogP contribution in [-0.4, -0.2) is 26.2 Å².